The van der Waals surface area contributed by atoms with Crippen LogP contribution in [0.4, 0.5) is 0 Å². The molecular formula is C12H14N2O4S2. The lowest BCUT2D eigenvalue weighted by Crippen LogP contribution is -2.35. The first kappa shape index (κ1) is 15.1. The monoisotopic (exact) mass is 314 g/mol. The Morgan fingerprint density at radius 1 is 0.950 bits per heavy atom. The maximum Gasteiger partial charge on any atom is 0.253 e. The fraction of sp³-hybridized carbons (Fsp3) is 0.417. The number of carbonyl (C=O) groups excluding carboxylic acids is 3. The van der Waals surface area contributed by atoms with E-state index in [1.54, 1.807) is 10.8 Å². The molecule has 0 aliphatic carbocycles. The Balaban J connectivity index is 1.55. The molecule has 108 valence electrons. The number of hydrogen-bond acceptors (Lipinski definition) is 6. The second-order valence-corrected chi connectivity index (χ2v) is 6.81. The molecule has 1 unspecified atom stereocenters. The van der Waals surface area contributed by atoms with Crippen LogP contribution in [0, 0.1) is 0 Å². The largest absolute Gasteiger partial charge is 0.370 e. The Labute approximate surface area is 124 Å². The molecule has 1 N–H and O–H groups in total. The maximum atomic E-state index is 11.3. The van der Waals surface area contributed by atoms with E-state index in [4.69, 9.17) is 0 Å². The summed E-state index contributed by atoms with van der Waals surface area (Å²) >= 11 is 0. The summed E-state index contributed by atoms with van der Waals surface area (Å²) < 4.78 is 0. The van der Waals surface area contributed by atoms with E-state index >= 15 is 0 Å². The van der Waals surface area contributed by atoms with Crippen LogP contribution >= 0.6 is 21.6 Å². The van der Waals surface area contributed by atoms with Gasteiger partial charge in [0.25, 0.3) is 11.8 Å². The first-order chi connectivity index (χ1) is 9.59. The molecular weight excluding hydrogens is 300 g/mol. The molecule has 0 saturated heterocycles. The molecule has 8 heteroatoms. The highest BCUT2D eigenvalue weighted by Gasteiger charge is 2.23. The first-order valence-corrected chi connectivity index (χ1v) is 8.53. The molecule has 0 radical (unpaired) electrons. The highest BCUT2D eigenvalue weighted by atomic mass is 33.1. The minimum absolute atomic E-state index is 0.178. The summed E-state index contributed by atoms with van der Waals surface area (Å²) in [5.41, 5.74) is 0. The lowest BCUT2D eigenvalue weighted by molar-refractivity contribution is -0.136. The van der Waals surface area contributed by atoms with Crippen molar-refractivity contribution in [2.24, 2.45) is 0 Å². The summed E-state index contributed by atoms with van der Waals surface area (Å²) in [6.45, 7) is 0.850. The van der Waals surface area contributed by atoms with E-state index < -0.39 is 6.23 Å². The molecule has 0 saturated carbocycles. The van der Waals surface area contributed by atoms with Gasteiger partial charge in [-0.2, -0.15) is 0 Å². The van der Waals surface area contributed by atoms with Gasteiger partial charge < -0.3 is 10.0 Å². The molecule has 2 heterocycles. The molecule has 0 aromatic heterocycles. The van der Waals surface area contributed by atoms with Crippen molar-refractivity contribution >= 4 is 39.3 Å². The van der Waals surface area contributed by atoms with Crippen LogP contribution in [-0.4, -0.2) is 63.5 Å². The number of amides is 3. The van der Waals surface area contributed by atoms with Crippen molar-refractivity contribution in [3.63, 3.8) is 0 Å². The predicted octanol–water partition coefficient (Wildman–Crippen LogP) is 0.00960. The Kier molecular flexibility index (Phi) is 5.27. The third-order valence-corrected chi connectivity index (χ3v) is 5.18. The van der Waals surface area contributed by atoms with Gasteiger partial charge >= 0.3 is 0 Å². The van der Waals surface area contributed by atoms with Crippen LogP contribution in [0.2, 0.25) is 0 Å². The molecule has 0 aromatic carbocycles. The Morgan fingerprint density at radius 2 is 1.55 bits per heavy atom. The SMILES string of the molecule is O=C1C=CC(=O)N1CCSSCCN1C(=O)C=CC1O. The van der Waals surface area contributed by atoms with Crippen LogP contribution in [0.5, 0.6) is 0 Å². The Hall–Kier alpha value is -1.25. The third-order valence-electron chi connectivity index (χ3n) is 2.81. The van der Waals surface area contributed by atoms with Gasteiger partial charge in [-0.25, -0.2) is 0 Å². The predicted molar refractivity (Wildman–Crippen MR) is 77.6 cm³/mol. The average molecular weight is 314 g/mol. The van der Waals surface area contributed by atoms with Crippen molar-refractivity contribution in [2.45, 2.75) is 6.23 Å². The van der Waals surface area contributed by atoms with Crippen LogP contribution < -0.4 is 0 Å². The fourth-order valence-electron chi connectivity index (χ4n) is 1.77. The van der Waals surface area contributed by atoms with E-state index in [0.717, 1.165) is 0 Å². The molecule has 20 heavy (non-hydrogen) atoms. The molecule has 3 amide bonds. The van der Waals surface area contributed by atoms with Crippen LogP contribution in [0.1, 0.15) is 0 Å². The zero-order valence-corrected chi connectivity index (χ0v) is 12.2. The normalized spacial score (nSPS) is 21.6. The number of carbonyl (C=O) groups is 3. The van der Waals surface area contributed by atoms with Crippen LogP contribution in [0.25, 0.3) is 0 Å². The van der Waals surface area contributed by atoms with E-state index in [1.807, 2.05) is 0 Å². The second kappa shape index (κ2) is 6.96. The van der Waals surface area contributed by atoms with Gasteiger partial charge in [0.1, 0.15) is 6.23 Å². The van der Waals surface area contributed by atoms with Gasteiger partial charge in [0, 0.05) is 42.8 Å². The number of aliphatic hydroxyl groups is 1. The van der Waals surface area contributed by atoms with E-state index in [0.29, 0.717) is 24.6 Å². The second-order valence-electron chi connectivity index (χ2n) is 4.11. The molecule has 2 rings (SSSR count). The molecule has 2 aliphatic heterocycles. The zero-order valence-electron chi connectivity index (χ0n) is 10.6. The van der Waals surface area contributed by atoms with Gasteiger partial charge in [-0.3, -0.25) is 19.3 Å². The van der Waals surface area contributed by atoms with Crippen molar-refractivity contribution in [3.8, 4) is 0 Å². The van der Waals surface area contributed by atoms with E-state index in [2.05, 4.69) is 0 Å². The van der Waals surface area contributed by atoms with Crippen molar-refractivity contribution in [2.75, 3.05) is 24.6 Å². The molecule has 2 aliphatic rings. The molecule has 1 atom stereocenters. The van der Waals surface area contributed by atoms with Crippen molar-refractivity contribution in [1.82, 2.24) is 9.80 Å². The summed E-state index contributed by atoms with van der Waals surface area (Å²) in [6, 6.07) is 0. The van der Waals surface area contributed by atoms with Gasteiger partial charge in [-0.1, -0.05) is 21.6 Å². The summed E-state index contributed by atoms with van der Waals surface area (Å²) in [5, 5.41) is 9.48. The van der Waals surface area contributed by atoms with Crippen LogP contribution in [0.15, 0.2) is 24.3 Å². The number of aliphatic hydroxyl groups excluding tert-OH is 1. The lowest BCUT2D eigenvalue weighted by atomic mass is 10.5. The zero-order chi connectivity index (χ0) is 14.5. The van der Waals surface area contributed by atoms with Crippen LogP contribution in [0.3, 0.4) is 0 Å². The molecule has 0 bridgehead atoms. The maximum absolute atomic E-state index is 11.3. The molecule has 0 aromatic rings. The van der Waals surface area contributed by atoms with Gasteiger partial charge in [0.05, 0.1) is 0 Å². The molecule has 6 nitrogen and oxygen atoms in total. The van der Waals surface area contributed by atoms with E-state index in [-0.39, 0.29) is 17.7 Å². The van der Waals surface area contributed by atoms with Crippen molar-refractivity contribution in [1.29, 1.82) is 0 Å². The fourth-order valence-corrected chi connectivity index (χ4v) is 3.69. The smallest absolute Gasteiger partial charge is 0.253 e. The number of nitrogens with zero attached hydrogens (tertiary/aromatic N) is 2. The lowest BCUT2D eigenvalue weighted by Gasteiger charge is -2.19. The third kappa shape index (κ3) is 3.65. The molecule has 0 fully saturated rings. The highest BCUT2D eigenvalue weighted by Crippen LogP contribution is 2.22. The quantitative estimate of drug-likeness (QED) is 0.405. The summed E-state index contributed by atoms with van der Waals surface area (Å²) in [4.78, 5) is 36.5. The van der Waals surface area contributed by atoms with Gasteiger partial charge in [-0.05, 0) is 6.08 Å². The van der Waals surface area contributed by atoms with Crippen molar-refractivity contribution in [3.05, 3.63) is 24.3 Å². The molecule has 0 spiro atoms. The first-order valence-electron chi connectivity index (χ1n) is 6.04. The number of imide groups is 1. The average Bonchev–Trinajstić information content (AvgIpc) is 2.90. The standard InChI is InChI=1S/C12H14N2O4S2/c15-9-1-2-10(16)13(9)5-7-19-20-8-6-14-11(17)3-4-12(14)18/h1-4,9,15H,5-8H2. The van der Waals surface area contributed by atoms with Crippen LogP contribution in [-0.2, 0) is 14.4 Å². The topological polar surface area (TPSA) is 77.9 Å². The van der Waals surface area contributed by atoms with E-state index in [1.165, 1.54) is 44.9 Å². The minimum Gasteiger partial charge on any atom is -0.370 e. The van der Waals surface area contributed by atoms with Crippen molar-refractivity contribution < 1.29 is 19.5 Å². The highest BCUT2D eigenvalue weighted by molar-refractivity contribution is 8.76. The summed E-state index contributed by atoms with van der Waals surface area (Å²) in [7, 11) is 3.08. The number of hydrogen-bond donors (Lipinski definition) is 1. The van der Waals surface area contributed by atoms with E-state index in [9.17, 15) is 19.5 Å². The minimum atomic E-state index is -0.820. The summed E-state index contributed by atoms with van der Waals surface area (Å²) in [6.07, 6.45) is 4.54. The Bertz CT molecular complexity index is 460. The summed E-state index contributed by atoms with van der Waals surface area (Å²) in [5.74, 6) is 0.603. The van der Waals surface area contributed by atoms with Gasteiger partial charge in [-0.15, -0.1) is 0 Å². The van der Waals surface area contributed by atoms with Gasteiger partial charge in [0.15, 0.2) is 0 Å². The Morgan fingerprint density at radius 3 is 2.10 bits per heavy atom. The number of rotatable bonds is 7. The van der Waals surface area contributed by atoms with Gasteiger partial charge in [0.2, 0.25) is 5.91 Å².